The summed E-state index contributed by atoms with van der Waals surface area (Å²) < 4.78 is 6.00. The van der Waals surface area contributed by atoms with E-state index in [1.54, 1.807) is 12.1 Å². The van der Waals surface area contributed by atoms with Gasteiger partial charge in [-0.05, 0) is 73.9 Å². The Morgan fingerprint density at radius 2 is 1.17 bits per heavy atom. The highest BCUT2D eigenvalue weighted by atomic mass is 16.5. The molecule has 4 rings (SSSR count). The van der Waals surface area contributed by atoms with Gasteiger partial charge >= 0.3 is 0 Å². The molecule has 0 unspecified atom stereocenters. The maximum absolute atomic E-state index is 13.0. The molecule has 5 nitrogen and oxygen atoms in total. The van der Waals surface area contributed by atoms with Crippen LogP contribution in [-0.2, 0) is 18.0 Å². The normalized spacial score (nSPS) is 19.3. The molecule has 0 aliphatic heterocycles. The molecular formula is C30H38O5. The van der Waals surface area contributed by atoms with Crippen LogP contribution in [0.15, 0.2) is 36.4 Å². The number of aryl methyl sites for hydroxylation is 2. The number of rotatable bonds is 8. The van der Waals surface area contributed by atoms with Crippen LogP contribution in [0.2, 0.25) is 0 Å². The molecule has 2 aliphatic carbocycles. The van der Waals surface area contributed by atoms with E-state index in [9.17, 15) is 19.8 Å². The maximum atomic E-state index is 13.0. The Morgan fingerprint density at radius 1 is 0.686 bits per heavy atom. The number of benzene rings is 2. The molecule has 2 aliphatic rings. The van der Waals surface area contributed by atoms with E-state index in [1.807, 2.05) is 38.1 Å². The summed E-state index contributed by atoms with van der Waals surface area (Å²) in [5.41, 5.74) is 2.53. The molecule has 0 bridgehead atoms. The number of Topliss-reactive ketones (excluding diaryl/α,β-unsaturated/α-hetero) is 2. The summed E-state index contributed by atoms with van der Waals surface area (Å²) in [5.74, 6) is -0.362. The minimum Gasteiger partial charge on any atom is -0.382 e. The summed E-state index contributed by atoms with van der Waals surface area (Å²) in [4.78, 5) is 25.9. The van der Waals surface area contributed by atoms with Crippen LogP contribution in [0.4, 0.5) is 0 Å². The second-order valence-corrected chi connectivity index (χ2v) is 10.6. The van der Waals surface area contributed by atoms with Crippen molar-refractivity contribution in [3.63, 3.8) is 0 Å². The first-order chi connectivity index (χ1) is 16.7. The van der Waals surface area contributed by atoms with Crippen LogP contribution in [0, 0.1) is 13.8 Å². The van der Waals surface area contributed by atoms with Crippen LogP contribution in [0.1, 0.15) is 107 Å². The predicted molar refractivity (Wildman–Crippen MR) is 136 cm³/mol. The Bertz CT molecular complexity index is 1070. The quantitative estimate of drug-likeness (QED) is 0.470. The van der Waals surface area contributed by atoms with E-state index in [0.717, 1.165) is 60.8 Å². The standard InChI is InChI=1S/C30H38O5/c1-21-9-10-24(28(32)30(34)15-7-4-8-16-30)18-26(21)20-35-19-25-12-11-23(17-22(25)2)27(31)29(33)13-5-3-6-14-29/h9-12,17-18,33-34H,3-8,13-16,19-20H2,1-2H3. The van der Waals surface area contributed by atoms with E-state index in [-0.39, 0.29) is 11.6 Å². The molecule has 0 aromatic heterocycles. The number of ether oxygens (including phenoxy) is 1. The molecule has 188 valence electrons. The van der Waals surface area contributed by atoms with Crippen molar-refractivity contribution in [2.45, 2.75) is 102 Å². The Balaban J connectivity index is 1.39. The Labute approximate surface area is 208 Å². The lowest BCUT2D eigenvalue weighted by Gasteiger charge is -2.30. The average Bonchev–Trinajstić information content (AvgIpc) is 2.86. The summed E-state index contributed by atoms with van der Waals surface area (Å²) in [5, 5.41) is 21.6. The van der Waals surface area contributed by atoms with Gasteiger partial charge in [-0.3, -0.25) is 9.59 Å². The van der Waals surface area contributed by atoms with Crippen LogP contribution in [0.3, 0.4) is 0 Å². The van der Waals surface area contributed by atoms with Gasteiger partial charge in [-0.15, -0.1) is 0 Å². The van der Waals surface area contributed by atoms with Gasteiger partial charge < -0.3 is 14.9 Å². The largest absolute Gasteiger partial charge is 0.382 e. The van der Waals surface area contributed by atoms with Crippen molar-refractivity contribution in [3.8, 4) is 0 Å². The molecule has 0 saturated heterocycles. The third-order valence-corrected chi connectivity index (χ3v) is 7.94. The molecule has 0 spiro atoms. The lowest BCUT2D eigenvalue weighted by atomic mass is 9.79. The third kappa shape index (κ3) is 5.74. The molecule has 0 atom stereocenters. The van der Waals surface area contributed by atoms with Gasteiger partial charge in [0.2, 0.25) is 0 Å². The number of hydrogen-bond acceptors (Lipinski definition) is 5. The van der Waals surface area contributed by atoms with Crippen molar-refractivity contribution in [1.29, 1.82) is 0 Å². The Kier molecular flexibility index (Phi) is 7.89. The van der Waals surface area contributed by atoms with Crippen molar-refractivity contribution in [2.24, 2.45) is 0 Å². The smallest absolute Gasteiger partial charge is 0.194 e. The molecule has 2 aromatic rings. The Hall–Kier alpha value is -2.34. The fraction of sp³-hybridized carbons (Fsp3) is 0.533. The molecule has 2 fully saturated rings. The van der Waals surface area contributed by atoms with E-state index in [0.29, 0.717) is 50.0 Å². The SMILES string of the molecule is Cc1cc(C(=O)C2(O)CCCCC2)ccc1COCc1cc(C(=O)C2(O)CCCCC2)ccc1C. The first-order valence-electron chi connectivity index (χ1n) is 13.0. The monoisotopic (exact) mass is 478 g/mol. The minimum absolute atomic E-state index is 0.176. The van der Waals surface area contributed by atoms with E-state index < -0.39 is 11.2 Å². The topological polar surface area (TPSA) is 83.8 Å². The molecule has 0 amide bonds. The van der Waals surface area contributed by atoms with Crippen LogP contribution < -0.4 is 0 Å². The molecule has 2 N–H and O–H groups in total. The van der Waals surface area contributed by atoms with Crippen molar-refractivity contribution in [2.75, 3.05) is 0 Å². The lowest BCUT2D eigenvalue weighted by Crippen LogP contribution is -2.40. The van der Waals surface area contributed by atoms with Crippen molar-refractivity contribution in [1.82, 2.24) is 0 Å². The van der Waals surface area contributed by atoms with Gasteiger partial charge in [0.15, 0.2) is 11.6 Å². The van der Waals surface area contributed by atoms with Gasteiger partial charge in [0, 0.05) is 11.1 Å². The van der Waals surface area contributed by atoms with Crippen molar-refractivity contribution < 1.29 is 24.5 Å². The number of ketones is 2. The number of carbonyl (C=O) groups is 2. The van der Waals surface area contributed by atoms with Gasteiger partial charge in [0.25, 0.3) is 0 Å². The zero-order chi connectivity index (χ0) is 25.1. The van der Waals surface area contributed by atoms with Gasteiger partial charge in [0.1, 0.15) is 11.2 Å². The first kappa shape index (κ1) is 25.7. The van der Waals surface area contributed by atoms with Gasteiger partial charge in [0.05, 0.1) is 13.2 Å². The fourth-order valence-electron chi connectivity index (χ4n) is 5.50. The summed E-state index contributed by atoms with van der Waals surface area (Å²) >= 11 is 0. The fourth-order valence-corrected chi connectivity index (χ4v) is 5.50. The molecule has 5 heteroatoms. The molecular weight excluding hydrogens is 440 g/mol. The zero-order valence-corrected chi connectivity index (χ0v) is 21.1. The van der Waals surface area contributed by atoms with Gasteiger partial charge in [-0.25, -0.2) is 0 Å². The number of hydrogen-bond donors (Lipinski definition) is 2. The predicted octanol–water partition coefficient (Wildman–Crippen LogP) is 5.78. The summed E-state index contributed by atoms with van der Waals surface area (Å²) in [7, 11) is 0. The van der Waals surface area contributed by atoms with Crippen LogP contribution in [0.5, 0.6) is 0 Å². The summed E-state index contributed by atoms with van der Waals surface area (Å²) in [6.07, 6.45) is 7.81. The minimum atomic E-state index is -1.24. The molecule has 0 radical (unpaired) electrons. The van der Waals surface area contributed by atoms with Crippen LogP contribution in [0.25, 0.3) is 0 Å². The van der Waals surface area contributed by atoms with E-state index in [1.165, 1.54) is 0 Å². The zero-order valence-electron chi connectivity index (χ0n) is 21.1. The maximum Gasteiger partial charge on any atom is 0.194 e. The van der Waals surface area contributed by atoms with Gasteiger partial charge in [-0.1, -0.05) is 62.8 Å². The average molecular weight is 479 g/mol. The Morgan fingerprint density at radius 3 is 1.71 bits per heavy atom. The second kappa shape index (κ2) is 10.7. The first-order valence-corrected chi connectivity index (χ1v) is 13.0. The molecule has 35 heavy (non-hydrogen) atoms. The molecule has 0 heterocycles. The van der Waals surface area contributed by atoms with Crippen LogP contribution in [-0.4, -0.2) is 33.0 Å². The number of aliphatic hydroxyl groups is 2. The van der Waals surface area contributed by atoms with Gasteiger partial charge in [-0.2, -0.15) is 0 Å². The highest BCUT2D eigenvalue weighted by molar-refractivity contribution is 6.03. The van der Waals surface area contributed by atoms with Crippen molar-refractivity contribution in [3.05, 3.63) is 69.8 Å². The molecule has 2 aromatic carbocycles. The second-order valence-electron chi connectivity index (χ2n) is 10.6. The van der Waals surface area contributed by atoms with Crippen molar-refractivity contribution >= 4 is 11.6 Å². The lowest BCUT2D eigenvalue weighted by molar-refractivity contribution is 0.0116. The number of carbonyl (C=O) groups excluding carboxylic acids is 2. The van der Waals surface area contributed by atoms with E-state index in [2.05, 4.69) is 0 Å². The summed E-state index contributed by atoms with van der Waals surface area (Å²) in [6, 6.07) is 11.1. The van der Waals surface area contributed by atoms with Crippen LogP contribution >= 0.6 is 0 Å². The van der Waals surface area contributed by atoms with E-state index in [4.69, 9.17) is 4.74 Å². The molecule has 2 saturated carbocycles. The van der Waals surface area contributed by atoms with E-state index >= 15 is 0 Å². The highest BCUT2D eigenvalue weighted by Gasteiger charge is 2.38. The highest BCUT2D eigenvalue weighted by Crippen LogP contribution is 2.33. The third-order valence-electron chi connectivity index (χ3n) is 7.94. The summed E-state index contributed by atoms with van der Waals surface area (Å²) in [6.45, 7) is 4.68.